The molecule has 29 heavy (non-hydrogen) atoms. The zero-order valence-corrected chi connectivity index (χ0v) is 15.3. The highest BCUT2D eigenvalue weighted by atomic mass is 19.1. The van der Waals surface area contributed by atoms with Gasteiger partial charge in [0.15, 0.2) is 12.2 Å². The summed E-state index contributed by atoms with van der Waals surface area (Å²) in [6.07, 6.45) is -3.20. The summed E-state index contributed by atoms with van der Waals surface area (Å²) in [4.78, 5) is 26.4. The highest BCUT2D eigenvalue weighted by Crippen LogP contribution is 2.24. The maximum absolute atomic E-state index is 14.1. The summed E-state index contributed by atoms with van der Waals surface area (Å²) in [6, 6.07) is 10.8. The van der Waals surface area contributed by atoms with Crippen molar-refractivity contribution in [3.63, 3.8) is 0 Å². The lowest BCUT2D eigenvalue weighted by atomic mass is 10.1. The molecule has 8 nitrogen and oxygen atoms in total. The summed E-state index contributed by atoms with van der Waals surface area (Å²) >= 11 is 0. The number of morpholine rings is 1. The first-order valence-corrected chi connectivity index (χ1v) is 9.08. The lowest BCUT2D eigenvalue weighted by Gasteiger charge is -2.34. The molecule has 0 unspecified atom stereocenters. The zero-order chi connectivity index (χ0) is 20.5. The fraction of sp³-hybridized carbons (Fsp3) is 0.250. The Kier molecular flexibility index (Phi) is 4.99. The van der Waals surface area contributed by atoms with Crippen LogP contribution in [0.25, 0.3) is 0 Å². The van der Waals surface area contributed by atoms with Crippen LogP contribution in [0.1, 0.15) is 11.1 Å². The van der Waals surface area contributed by atoms with Gasteiger partial charge >= 0.3 is 0 Å². The summed E-state index contributed by atoms with van der Waals surface area (Å²) in [5.41, 5.74) is 2.10. The van der Waals surface area contributed by atoms with E-state index in [0.717, 1.165) is 11.1 Å². The second kappa shape index (κ2) is 7.61. The van der Waals surface area contributed by atoms with Gasteiger partial charge in [-0.05, 0) is 35.9 Å². The number of amidine groups is 1. The number of rotatable bonds is 4. The van der Waals surface area contributed by atoms with E-state index in [2.05, 4.69) is 10.6 Å². The van der Waals surface area contributed by atoms with Gasteiger partial charge in [-0.25, -0.2) is 4.39 Å². The number of para-hydroxylation sites is 1. The van der Waals surface area contributed by atoms with Crippen molar-refractivity contribution < 1.29 is 23.8 Å². The Labute approximate surface area is 165 Å². The summed E-state index contributed by atoms with van der Waals surface area (Å²) in [5.74, 6) is -1.75. The number of benzene rings is 2. The van der Waals surface area contributed by atoms with E-state index in [-0.39, 0.29) is 18.8 Å². The maximum Gasteiger partial charge on any atom is 0.259 e. The summed E-state index contributed by atoms with van der Waals surface area (Å²) in [7, 11) is 0. The molecule has 0 bridgehead atoms. The van der Waals surface area contributed by atoms with Crippen LogP contribution in [-0.2, 0) is 20.9 Å². The number of nitrogens with zero attached hydrogens (tertiary/aromatic N) is 1. The van der Waals surface area contributed by atoms with Crippen molar-refractivity contribution in [2.75, 3.05) is 23.4 Å². The molecule has 0 radical (unpaired) electrons. The van der Waals surface area contributed by atoms with Gasteiger partial charge < -0.3 is 25.4 Å². The number of aliphatic hydroxyl groups excluding tert-OH is 1. The molecule has 0 aromatic heterocycles. The average Bonchev–Trinajstić information content (AvgIpc) is 3.08. The van der Waals surface area contributed by atoms with E-state index in [4.69, 9.17) is 10.1 Å². The monoisotopic (exact) mass is 398 g/mol. The van der Waals surface area contributed by atoms with E-state index in [1.807, 2.05) is 0 Å². The van der Waals surface area contributed by atoms with Gasteiger partial charge in [0, 0.05) is 24.3 Å². The van der Waals surface area contributed by atoms with E-state index in [1.165, 1.54) is 23.1 Å². The number of ether oxygens (including phenoxy) is 1. The maximum atomic E-state index is 14.1. The second-order valence-corrected chi connectivity index (χ2v) is 6.77. The van der Waals surface area contributed by atoms with Gasteiger partial charge in [0.2, 0.25) is 0 Å². The van der Waals surface area contributed by atoms with Crippen LogP contribution in [0.4, 0.5) is 15.8 Å². The number of carbonyl (C=O) groups is 2. The minimum atomic E-state index is -1.76. The Hall–Kier alpha value is -3.30. The van der Waals surface area contributed by atoms with Gasteiger partial charge in [-0.1, -0.05) is 12.1 Å². The van der Waals surface area contributed by atoms with Gasteiger partial charge in [-0.15, -0.1) is 0 Å². The number of fused-ring (bicyclic) bond motifs is 1. The van der Waals surface area contributed by atoms with Crippen molar-refractivity contribution in [1.82, 2.24) is 5.32 Å². The van der Waals surface area contributed by atoms with Gasteiger partial charge in [-0.2, -0.15) is 0 Å². The molecule has 0 aliphatic carbocycles. The standard InChI is InChI=1S/C20H19FN4O4/c21-14-3-1-2-4-15(14)25-7-8-29-17(20(25)28)16(26)19(27)24-12-5-6-13-11(9-12)10-23-18(13)22/h1-6,9,16-17,26H,7-8,10H2,(H2,22,23)(H,24,27)/t16-,17-/m1/s1. The van der Waals surface area contributed by atoms with Crippen LogP contribution in [0, 0.1) is 11.2 Å². The number of aliphatic hydroxyl groups is 1. The molecule has 2 aromatic rings. The smallest absolute Gasteiger partial charge is 0.259 e. The van der Waals surface area contributed by atoms with Crippen LogP contribution in [0.5, 0.6) is 0 Å². The SMILES string of the molecule is N=C1NCc2cc(NC(=O)[C@H](O)[C@H]3OCCN(c4ccccc4F)C3=O)ccc21. The molecular weight excluding hydrogens is 379 g/mol. The molecule has 2 amide bonds. The van der Waals surface area contributed by atoms with Crippen LogP contribution in [0.15, 0.2) is 42.5 Å². The number of amides is 2. The van der Waals surface area contributed by atoms with E-state index < -0.39 is 29.8 Å². The minimum absolute atomic E-state index is 0.0572. The third-order valence-corrected chi connectivity index (χ3v) is 4.92. The molecule has 4 rings (SSSR count). The topological polar surface area (TPSA) is 115 Å². The molecular formula is C20H19FN4O4. The second-order valence-electron chi connectivity index (χ2n) is 6.77. The van der Waals surface area contributed by atoms with E-state index in [0.29, 0.717) is 18.1 Å². The first-order chi connectivity index (χ1) is 14.0. The molecule has 9 heteroatoms. The van der Waals surface area contributed by atoms with Gasteiger partial charge in [0.1, 0.15) is 11.7 Å². The number of carbonyl (C=O) groups excluding carboxylic acids is 2. The number of hydrogen-bond donors (Lipinski definition) is 4. The van der Waals surface area contributed by atoms with E-state index >= 15 is 0 Å². The van der Waals surface area contributed by atoms with Crippen molar-refractivity contribution in [3.8, 4) is 0 Å². The first kappa shape index (κ1) is 19.0. The highest BCUT2D eigenvalue weighted by Gasteiger charge is 2.40. The van der Waals surface area contributed by atoms with Crippen molar-refractivity contribution in [1.29, 1.82) is 5.41 Å². The predicted molar refractivity (Wildman–Crippen MR) is 103 cm³/mol. The third kappa shape index (κ3) is 3.57. The third-order valence-electron chi connectivity index (χ3n) is 4.92. The Morgan fingerprint density at radius 3 is 2.93 bits per heavy atom. The summed E-state index contributed by atoms with van der Waals surface area (Å²) in [6.45, 7) is 0.651. The molecule has 0 spiro atoms. The molecule has 1 saturated heterocycles. The predicted octanol–water partition coefficient (Wildman–Crippen LogP) is 0.986. The molecule has 2 aromatic carbocycles. The van der Waals surface area contributed by atoms with Crippen molar-refractivity contribution in [2.24, 2.45) is 0 Å². The minimum Gasteiger partial charge on any atom is -0.380 e. The van der Waals surface area contributed by atoms with Crippen LogP contribution in [0.3, 0.4) is 0 Å². The fourth-order valence-electron chi connectivity index (χ4n) is 3.44. The number of hydrogen-bond acceptors (Lipinski definition) is 5. The zero-order valence-electron chi connectivity index (χ0n) is 15.3. The summed E-state index contributed by atoms with van der Waals surface area (Å²) in [5, 5.41) is 23.6. The van der Waals surface area contributed by atoms with Crippen molar-refractivity contribution >= 4 is 29.0 Å². The quantitative estimate of drug-likeness (QED) is 0.613. The largest absolute Gasteiger partial charge is 0.380 e. The molecule has 0 saturated carbocycles. The van der Waals surface area contributed by atoms with Gasteiger partial charge in [0.25, 0.3) is 11.8 Å². The Morgan fingerprint density at radius 2 is 2.14 bits per heavy atom. The molecule has 4 N–H and O–H groups in total. The normalized spacial score (nSPS) is 19.5. The van der Waals surface area contributed by atoms with Crippen LogP contribution >= 0.6 is 0 Å². The lowest BCUT2D eigenvalue weighted by molar-refractivity contribution is -0.150. The van der Waals surface area contributed by atoms with Crippen LogP contribution < -0.4 is 15.5 Å². The first-order valence-electron chi connectivity index (χ1n) is 9.08. The van der Waals surface area contributed by atoms with E-state index in [1.54, 1.807) is 24.3 Å². The number of halogens is 1. The molecule has 150 valence electrons. The molecule has 2 heterocycles. The molecule has 2 aliphatic rings. The number of anilines is 2. The van der Waals surface area contributed by atoms with Gasteiger partial charge in [-0.3, -0.25) is 15.0 Å². The molecule has 2 aliphatic heterocycles. The van der Waals surface area contributed by atoms with Crippen molar-refractivity contribution in [3.05, 3.63) is 59.4 Å². The van der Waals surface area contributed by atoms with Crippen LogP contribution in [-0.4, -0.2) is 48.1 Å². The Bertz CT molecular complexity index is 996. The highest BCUT2D eigenvalue weighted by molar-refractivity contribution is 6.04. The lowest BCUT2D eigenvalue weighted by Crippen LogP contribution is -2.55. The van der Waals surface area contributed by atoms with Crippen molar-refractivity contribution in [2.45, 2.75) is 18.8 Å². The Balaban J connectivity index is 1.48. The molecule has 2 atom stereocenters. The fourth-order valence-corrected chi connectivity index (χ4v) is 3.44. The summed E-state index contributed by atoms with van der Waals surface area (Å²) < 4.78 is 19.4. The van der Waals surface area contributed by atoms with Gasteiger partial charge in [0.05, 0.1) is 12.3 Å². The number of nitrogens with one attached hydrogen (secondary N) is 3. The molecule has 1 fully saturated rings. The average molecular weight is 398 g/mol. The Morgan fingerprint density at radius 1 is 1.34 bits per heavy atom. The van der Waals surface area contributed by atoms with Crippen LogP contribution in [0.2, 0.25) is 0 Å². The van der Waals surface area contributed by atoms with E-state index in [9.17, 15) is 19.1 Å².